The van der Waals surface area contributed by atoms with Gasteiger partial charge >= 0.3 is 0 Å². The van der Waals surface area contributed by atoms with E-state index in [9.17, 15) is 4.39 Å². The molecule has 0 aliphatic carbocycles. The van der Waals surface area contributed by atoms with Gasteiger partial charge in [0.1, 0.15) is 20.5 Å². The molecule has 86 valence electrons. The summed E-state index contributed by atoms with van der Waals surface area (Å²) in [6.07, 6.45) is 0.503. The lowest BCUT2D eigenvalue weighted by Crippen LogP contribution is -2.17. The summed E-state index contributed by atoms with van der Waals surface area (Å²) in [5.41, 5.74) is 1.23. The number of benzene rings is 1. The van der Waals surface area contributed by atoms with E-state index in [0.29, 0.717) is 17.6 Å². The van der Waals surface area contributed by atoms with Crippen LogP contribution in [0.5, 0.6) is 0 Å². The summed E-state index contributed by atoms with van der Waals surface area (Å²) >= 11 is 0. The molecule has 1 rings (SSSR count). The molecule has 0 spiro atoms. The Bertz CT molecular complexity index is 331. The standard InChI is InChI=1S/C12H16BFO2/c1-3-12(16-8-15-4-2)10-7-9(14)5-6-11(10)13/h5-7,12H,3-4,8H2,1-2H3/t12-/m1/s1. The summed E-state index contributed by atoms with van der Waals surface area (Å²) in [5, 5.41) is 0. The van der Waals surface area contributed by atoms with E-state index in [4.69, 9.17) is 17.3 Å². The van der Waals surface area contributed by atoms with Crippen molar-refractivity contribution in [3.05, 3.63) is 29.6 Å². The van der Waals surface area contributed by atoms with Crippen LogP contribution in [-0.2, 0) is 9.47 Å². The molecule has 0 fully saturated rings. The van der Waals surface area contributed by atoms with Gasteiger partial charge < -0.3 is 9.47 Å². The minimum absolute atomic E-state index is 0.199. The van der Waals surface area contributed by atoms with Crippen molar-refractivity contribution >= 4 is 13.3 Å². The van der Waals surface area contributed by atoms with Crippen LogP contribution in [0.15, 0.2) is 18.2 Å². The Hall–Kier alpha value is -0.865. The molecule has 0 bridgehead atoms. The smallest absolute Gasteiger partial charge is 0.147 e. The highest BCUT2D eigenvalue weighted by Gasteiger charge is 2.12. The molecule has 0 saturated heterocycles. The maximum atomic E-state index is 13.1. The Balaban J connectivity index is 2.73. The minimum atomic E-state index is -0.303. The van der Waals surface area contributed by atoms with Gasteiger partial charge in [0.15, 0.2) is 0 Å². The van der Waals surface area contributed by atoms with E-state index < -0.39 is 0 Å². The highest BCUT2D eigenvalue weighted by atomic mass is 19.1. The second-order valence-electron chi connectivity index (χ2n) is 3.45. The maximum Gasteiger partial charge on any atom is 0.147 e. The van der Waals surface area contributed by atoms with Gasteiger partial charge in [-0.1, -0.05) is 18.5 Å². The molecule has 0 unspecified atom stereocenters. The topological polar surface area (TPSA) is 18.5 Å². The molecule has 0 heterocycles. The van der Waals surface area contributed by atoms with Gasteiger partial charge in [-0.05, 0) is 31.0 Å². The van der Waals surface area contributed by atoms with Crippen LogP contribution in [-0.4, -0.2) is 21.2 Å². The number of ether oxygens (including phenoxy) is 2. The van der Waals surface area contributed by atoms with Gasteiger partial charge in [-0.15, -0.1) is 0 Å². The fourth-order valence-corrected chi connectivity index (χ4v) is 1.47. The summed E-state index contributed by atoms with van der Waals surface area (Å²) < 4.78 is 23.7. The fourth-order valence-electron chi connectivity index (χ4n) is 1.47. The molecular formula is C12H16BFO2. The summed E-state index contributed by atoms with van der Waals surface area (Å²) in [4.78, 5) is 0. The molecule has 0 N–H and O–H groups in total. The maximum absolute atomic E-state index is 13.1. The highest BCUT2D eigenvalue weighted by Crippen LogP contribution is 2.19. The summed E-state index contributed by atoms with van der Waals surface area (Å²) in [5.74, 6) is -0.303. The van der Waals surface area contributed by atoms with E-state index in [1.54, 1.807) is 6.07 Å². The summed E-state index contributed by atoms with van der Waals surface area (Å²) in [6.45, 7) is 4.64. The fraction of sp³-hybridized carbons (Fsp3) is 0.500. The highest BCUT2D eigenvalue weighted by molar-refractivity contribution is 6.33. The normalized spacial score (nSPS) is 12.7. The quantitative estimate of drug-likeness (QED) is 0.416. The molecule has 1 aromatic carbocycles. The van der Waals surface area contributed by atoms with E-state index >= 15 is 0 Å². The van der Waals surface area contributed by atoms with Gasteiger partial charge in [-0.3, -0.25) is 0 Å². The molecule has 2 radical (unpaired) electrons. The predicted octanol–water partition coefficient (Wildman–Crippen LogP) is 2.08. The first-order valence-corrected chi connectivity index (χ1v) is 5.43. The third-order valence-corrected chi connectivity index (χ3v) is 2.32. The Morgan fingerprint density at radius 1 is 1.38 bits per heavy atom. The molecule has 16 heavy (non-hydrogen) atoms. The predicted molar refractivity (Wildman–Crippen MR) is 62.4 cm³/mol. The lowest BCUT2D eigenvalue weighted by Gasteiger charge is -2.18. The van der Waals surface area contributed by atoms with Crippen LogP contribution in [0.3, 0.4) is 0 Å². The average Bonchev–Trinajstić information content (AvgIpc) is 2.28. The van der Waals surface area contributed by atoms with Crippen molar-refractivity contribution in [2.75, 3.05) is 13.4 Å². The first kappa shape index (κ1) is 13.2. The molecule has 0 amide bonds. The van der Waals surface area contributed by atoms with Crippen molar-refractivity contribution in [2.45, 2.75) is 26.4 Å². The Morgan fingerprint density at radius 3 is 2.75 bits per heavy atom. The second kappa shape index (κ2) is 6.66. The first-order chi connectivity index (χ1) is 7.69. The zero-order chi connectivity index (χ0) is 12.0. The van der Waals surface area contributed by atoms with Gasteiger partial charge in [0.25, 0.3) is 0 Å². The van der Waals surface area contributed by atoms with Gasteiger partial charge in [-0.25, -0.2) is 4.39 Å². The second-order valence-corrected chi connectivity index (χ2v) is 3.45. The SMILES string of the molecule is [B]c1ccc(F)cc1[C@@H](CC)OCOCC. The van der Waals surface area contributed by atoms with Gasteiger partial charge in [0.05, 0.1) is 6.10 Å². The van der Waals surface area contributed by atoms with E-state index in [-0.39, 0.29) is 18.7 Å². The van der Waals surface area contributed by atoms with Crippen molar-refractivity contribution in [1.29, 1.82) is 0 Å². The molecule has 0 aromatic heterocycles. The minimum Gasteiger partial charge on any atom is -0.356 e. The van der Waals surface area contributed by atoms with Crippen molar-refractivity contribution in [1.82, 2.24) is 0 Å². The number of hydrogen-bond donors (Lipinski definition) is 0. The molecule has 1 atom stereocenters. The molecule has 4 heteroatoms. The summed E-state index contributed by atoms with van der Waals surface area (Å²) in [6, 6.07) is 4.31. The third kappa shape index (κ3) is 3.61. The van der Waals surface area contributed by atoms with Crippen LogP contribution in [0.25, 0.3) is 0 Å². The molecule has 0 aliphatic heterocycles. The number of hydrogen-bond acceptors (Lipinski definition) is 2. The van der Waals surface area contributed by atoms with Gasteiger partial charge in [0.2, 0.25) is 0 Å². The lowest BCUT2D eigenvalue weighted by atomic mass is 9.87. The number of rotatable bonds is 6. The zero-order valence-corrected chi connectivity index (χ0v) is 9.70. The van der Waals surface area contributed by atoms with Gasteiger partial charge in [-0.2, -0.15) is 0 Å². The van der Waals surface area contributed by atoms with Crippen LogP contribution in [0.2, 0.25) is 0 Å². The van der Waals surface area contributed by atoms with E-state index in [1.165, 1.54) is 12.1 Å². The number of halogens is 1. The van der Waals surface area contributed by atoms with Crippen LogP contribution in [0, 0.1) is 5.82 Å². The van der Waals surface area contributed by atoms with Crippen LogP contribution in [0.4, 0.5) is 4.39 Å². The largest absolute Gasteiger partial charge is 0.356 e. The third-order valence-electron chi connectivity index (χ3n) is 2.32. The zero-order valence-electron chi connectivity index (χ0n) is 9.70. The molecule has 0 aliphatic rings. The Kier molecular flexibility index (Phi) is 5.50. The van der Waals surface area contributed by atoms with Crippen molar-refractivity contribution in [3.63, 3.8) is 0 Å². The molecule has 0 saturated carbocycles. The molecule has 1 aromatic rings. The summed E-state index contributed by atoms with van der Waals surface area (Å²) in [7, 11) is 5.78. The first-order valence-electron chi connectivity index (χ1n) is 5.43. The van der Waals surface area contributed by atoms with Crippen molar-refractivity contribution in [2.24, 2.45) is 0 Å². The van der Waals surface area contributed by atoms with Crippen molar-refractivity contribution < 1.29 is 13.9 Å². The monoisotopic (exact) mass is 222 g/mol. The van der Waals surface area contributed by atoms with Gasteiger partial charge in [0, 0.05) is 6.61 Å². The van der Waals surface area contributed by atoms with Crippen LogP contribution >= 0.6 is 0 Å². The van der Waals surface area contributed by atoms with E-state index in [1.807, 2.05) is 13.8 Å². The average molecular weight is 222 g/mol. The molecule has 2 nitrogen and oxygen atoms in total. The van der Waals surface area contributed by atoms with Crippen molar-refractivity contribution in [3.8, 4) is 0 Å². The molecular weight excluding hydrogens is 206 g/mol. The Morgan fingerprint density at radius 2 is 2.12 bits per heavy atom. The van der Waals surface area contributed by atoms with E-state index in [2.05, 4.69) is 0 Å². The van der Waals surface area contributed by atoms with Crippen LogP contribution < -0.4 is 5.46 Å². The lowest BCUT2D eigenvalue weighted by molar-refractivity contribution is -0.0884. The van der Waals surface area contributed by atoms with Crippen LogP contribution in [0.1, 0.15) is 31.9 Å². The van der Waals surface area contributed by atoms with E-state index in [0.717, 1.165) is 6.42 Å². The Labute approximate surface area is 97.2 Å².